The molecule has 0 saturated heterocycles. The molecule has 1 N–H and O–H groups in total. The molecule has 0 fully saturated rings. The molecule has 0 saturated carbocycles. The predicted octanol–water partition coefficient (Wildman–Crippen LogP) is 2.38. The average Bonchev–Trinajstić information content (AvgIpc) is 2.59. The maximum absolute atomic E-state index is 4.17. The normalized spacial score (nSPS) is 14.9. The molecule has 98 valence electrons. The Kier molecular flexibility index (Phi) is 5.98. The highest BCUT2D eigenvalue weighted by Gasteiger charge is 2.11. The monoisotopic (exact) mass is 256 g/mol. The first-order valence-electron chi connectivity index (χ1n) is 6.30. The second-order valence-corrected chi connectivity index (χ2v) is 6.02. The van der Waals surface area contributed by atoms with E-state index in [9.17, 15) is 0 Å². The van der Waals surface area contributed by atoms with Crippen molar-refractivity contribution in [1.29, 1.82) is 0 Å². The zero-order valence-corrected chi connectivity index (χ0v) is 12.3. The van der Waals surface area contributed by atoms with Crippen LogP contribution in [0.5, 0.6) is 0 Å². The fourth-order valence-electron chi connectivity index (χ4n) is 1.61. The van der Waals surface area contributed by atoms with Gasteiger partial charge in [0.15, 0.2) is 5.16 Å². The minimum absolute atomic E-state index is 0.511. The fourth-order valence-corrected chi connectivity index (χ4v) is 2.53. The van der Waals surface area contributed by atoms with Crippen molar-refractivity contribution in [3.8, 4) is 0 Å². The summed E-state index contributed by atoms with van der Waals surface area (Å²) in [6.07, 6.45) is 2.47. The molecule has 0 aliphatic carbocycles. The molecule has 1 heterocycles. The van der Waals surface area contributed by atoms with Crippen LogP contribution in [0.2, 0.25) is 0 Å². The van der Waals surface area contributed by atoms with Crippen molar-refractivity contribution in [2.24, 2.45) is 7.05 Å². The standard InChI is InChI=1S/C12H24N4S/c1-6-7-9(2)13-8-10(3)17-12-15-14-11(4)16(12)5/h9-10,13H,6-8H2,1-5H3. The van der Waals surface area contributed by atoms with Gasteiger partial charge in [0.2, 0.25) is 0 Å². The van der Waals surface area contributed by atoms with Crippen LogP contribution in [0.4, 0.5) is 0 Å². The van der Waals surface area contributed by atoms with Crippen molar-refractivity contribution < 1.29 is 0 Å². The molecule has 0 radical (unpaired) electrons. The van der Waals surface area contributed by atoms with Crippen molar-refractivity contribution in [3.63, 3.8) is 0 Å². The van der Waals surface area contributed by atoms with Crippen LogP contribution in [-0.4, -0.2) is 32.6 Å². The number of aromatic nitrogens is 3. The van der Waals surface area contributed by atoms with Gasteiger partial charge in [-0.2, -0.15) is 0 Å². The topological polar surface area (TPSA) is 42.7 Å². The molecule has 4 nitrogen and oxygen atoms in total. The first kappa shape index (κ1) is 14.5. The van der Waals surface area contributed by atoms with E-state index in [1.807, 2.05) is 18.5 Å². The summed E-state index contributed by atoms with van der Waals surface area (Å²) in [5.74, 6) is 0.965. The molecule has 0 spiro atoms. The van der Waals surface area contributed by atoms with E-state index in [2.05, 4.69) is 36.3 Å². The van der Waals surface area contributed by atoms with Crippen LogP contribution < -0.4 is 5.32 Å². The quantitative estimate of drug-likeness (QED) is 0.761. The van der Waals surface area contributed by atoms with E-state index < -0.39 is 0 Å². The van der Waals surface area contributed by atoms with Crippen LogP contribution in [0, 0.1) is 6.92 Å². The van der Waals surface area contributed by atoms with E-state index in [0.29, 0.717) is 11.3 Å². The van der Waals surface area contributed by atoms with Gasteiger partial charge in [0.25, 0.3) is 0 Å². The summed E-state index contributed by atoms with van der Waals surface area (Å²) < 4.78 is 2.04. The Balaban J connectivity index is 2.34. The van der Waals surface area contributed by atoms with Crippen molar-refractivity contribution in [3.05, 3.63) is 5.82 Å². The molecule has 2 unspecified atom stereocenters. The number of rotatable bonds is 7. The van der Waals surface area contributed by atoms with Crippen LogP contribution in [0.3, 0.4) is 0 Å². The number of thioether (sulfide) groups is 1. The molecule has 1 aromatic rings. The molecule has 0 amide bonds. The van der Waals surface area contributed by atoms with Crippen LogP contribution in [0.1, 0.15) is 39.4 Å². The summed E-state index contributed by atoms with van der Waals surface area (Å²) in [6.45, 7) is 9.67. The van der Waals surface area contributed by atoms with Gasteiger partial charge < -0.3 is 9.88 Å². The lowest BCUT2D eigenvalue weighted by molar-refractivity contribution is 0.511. The lowest BCUT2D eigenvalue weighted by Gasteiger charge is -2.16. The van der Waals surface area contributed by atoms with Crippen LogP contribution in [-0.2, 0) is 7.05 Å². The van der Waals surface area contributed by atoms with Crippen LogP contribution in [0.25, 0.3) is 0 Å². The smallest absolute Gasteiger partial charge is 0.191 e. The van der Waals surface area contributed by atoms with Crippen molar-refractivity contribution in [2.45, 2.75) is 57.0 Å². The van der Waals surface area contributed by atoms with Gasteiger partial charge in [-0.15, -0.1) is 10.2 Å². The maximum atomic E-state index is 4.17. The summed E-state index contributed by atoms with van der Waals surface area (Å²) in [5, 5.41) is 13.3. The highest BCUT2D eigenvalue weighted by Crippen LogP contribution is 2.20. The lowest BCUT2D eigenvalue weighted by atomic mass is 10.2. The summed E-state index contributed by atoms with van der Waals surface area (Å²) in [7, 11) is 2.01. The summed E-state index contributed by atoms with van der Waals surface area (Å²) in [4.78, 5) is 0. The highest BCUT2D eigenvalue weighted by atomic mass is 32.2. The van der Waals surface area contributed by atoms with E-state index in [1.165, 1.54) is 12.8 Å². The van der Waals surface area contributed by atoms with Gasteiger partial charge in [-0.25, -0.2) is 0 Å². The predicted molar refractivity (Wildman–Crippen MR) is 73.4 cm³/mol. The molecule has 0 aromatic carbocycles. The van der Waals surface area contributed by atoms with Gasteiger partial charge in [-0.05, 0) is 20.3 Å². The van der Waals surface area contributed by atoms with Gasteiger partial charge in [-0.1, -0.05) is 32.0 Å². The number of hydrogen-bond acceptors (Lipinski definition) is 4. The van der Waals surface area contributed by atoms with E-state index >= 15 is 0 Å². The Labute approximate surface area is 109 Å². The molecular formula is C12H24N4S. The van der Waals surface area contributed by atoms with Gasteiger partial charge >= 0.3 is 0 Å². The van der Waals surface area contributed by atoms with Gasteiger partial charge in [-0.3, -0.25) is 0 Å². The Morgan fingerprint density at radius 1 is 1.35 bits per heavy atom. The van der Waals surface area contributed by atoms with Crippen LogP contribution >= 0.6 is 11.8 Å². The van der Waals surface area contributed by atoms with Crippen molar-refractivity contribution >= 4 is 11.8 Å². The Bertz CT molecular complexity index is 337. The van der Waals surface area contributed by atoms with E-state index in [0.717, 1.165) is 17.5 Å². The summed E-state index contributed by atoms with van der Waals surface area (Å²) in [6, 6.07) is 0.601. The molecule has 1 aromatic heterocycles. The third kappa shape index (κ3) is 4.68. The van der Waals surface area contributed by atoms with Gasteiger partial charge in [0.05, 0.1) is 0 Å². The average molecular weight is 256 g/mol. The Hall–Kier alpha value is -0.550. The second-order valence-electron chi connectivity index (χ2n) is 4.62. The Morgan fingerprint density at radius 3 is 2.59 bits per heavy atom. The number of nitrogens with zero attached hydrogens (tertiary/aromatic N) is 3. The van der Waals surface area contributed by atoms with Gasteiger partial charge in [0.1, 0.15) is 5.82 Å². The van der Waals surface area contributed by atoms with Crippen molar-refractivity contribution in [1.82, 2.24) is 20.1 Å². The molecular weight excluding hydrogens is 232 g/mol. The third-order valence-corrected chi connectivity index (χ3v) is 3.97. The number of nitrogens with one attached hydrogen (secondary N) is 1. The summed E-state index contributed by atoms with van der Waals surface area (Å²) >= 11 is 1.78. The van der Waals surface area contributed by atoms with E-state index in [4.69, 9.17) is 0 Å². The summed E-state index contributed by atoms with van der Waals surface area (Å²) in [5.41, 5.74) is 0. The largest absolute Gasteiger partial charge is 0.313 e. The second kappa shape index (κ2) is 7.01. The number of aryl methyl sites for hydroxylation is 1. The molecule has 0 bridgehead atoms. The molecule has 2 atom stereocenters. The van der Waals surface area contributed by atoms with Crippen molar-refractivity contribution in [2.75, 3.05) is 6.54 Å². The molecule has 0 aliphatic heterocycles. The lowest BCUT2D eigenvalue weighted by Crippen LogP contribution is -2.31. The first-order valence-corrected chi connectivity index (χ1v) is 7.18. The van der Waals surface area contributed by atoms with E-state index in [-0.39, 0.29) is 0 Å². The fraction of sp³-hybridized carbons (Fsp3) is 0.833. The van der Waals surface area contributed by atoms with Crippen LogP contribution in [0.15, 0.2) is 5.16 Å². The highest BCUT2D eigenvalue weighted by molar-refractivity contribution is 7.99. The number of hydrogen-bond donors (Lipinski definition) is 1. The van der Waals surface area contributed by atoms with E-state index in [1.54, 1.807) is 11.8 Å². The minimum Gasteiger partial charge on any atom is -0.313 e. The van der Waals surface area contributed by atoms with Gasteiger partial charge in [0, 0.05) is 24.9 Å². The minimum atomic E-state index is 0.511. The zero-order valence-electron chi connectivity index (χ0n) is 11.5. The molecule has 17 heavy (non-hydrogen) atoms. The SMILES string of the molecule is CCCC(C)NCC(C)Sc1nnc(C)n1C. The Morgan fingerprint density at radius 2 is 2.06 bits per heavy atom. The zero-order chi connectivity index (χ0) is 12.8. The molecule has 1 rings (SSSR count). The first-order chi connectivity index (χ1) is 8.04. The molecule has 5 heteroatoms. The maximum Gasteiger partial charge on any atom is 0.191 e. The molecule has 0 aliphatic rings. The third-order valence-electron chi connectivity index (χ3n) is 2.83.